The molecule has 0 aromatic carbocycles. The van der Waals surface area contributed by atoms with E-state index >= 15 is 0 Å². The van der Waals surface area contributed by atoms with Crippen LogP contribution in [0.4, 0.5) is 11.5 Å². The van der Waals surface area contributed by atoms with Gasteiger partial charge in [0, 0.05) is 24.3 Å². The largest absolute Gasteiger partial charge is 0.340 e. The molecule has 0 saturated heterocycles. The van der Waals surface area contributed by atoms with E-state index in [1.165, 1.54) is 12.0 Å². The van der Waals surface area contributed by atoms with Crippen LogP contribution in [0.1, 0.15) is 18.8 Å². The van der Waals surface area contributed by atoms with Crippen molar-refractivity contribution in [1.82, 2.24) is 9.97 Å². The monoisotopic (exact) mass is 290 g/mol. The molecule has 0 saturated carbocycles. The van der Waals surface area contributed by atoms with E-state index < -0.39 is 12.1 Å². The number of halogens is 1. The first-order valence-electron chi connectivity index (χ1n) is 5.96. The minimum atomic E-state index is -0.456. The van der Waals surface area contributed by atoms with Gasteiger partial charge in [0.15, 0.2) is 12.0 Å². The van der Waals surface area contributed by atoms with Gasteiger partial charge in [0.05, 0.1) is 5.69 Å². The Labute approximate surface area is 120 Å². The SMILES string of the molecule is CC(=O)ON1c2cccnc2NC1c1cc(Cl)ccn1. The van der Waals surface area contributed by atoms with Crippen LogP contribution < -0.4 is 10.4 Å². The van der Waals surface area contributed by atoms with E-state index in [2.05, 4.69) is 15.3 Å². The summed E-state index contributed by atoms with van der Waals surface area (Å²) in [5, 5.41) is 5.16. The van der Waals surface area contributed by atoms with Crippen molar-refractivity contribution in [2.75, 3.05) is 10.4 Å². The van der Waals surface area contributed by atoms with Crippen molar-refractivity contribution in [2.45, 2.75) is 13.1 Å². The molecule has 0 amide bonds. The van der Waals surface area contributed by atoms with E-state index in [0.29, 0.717) is 22.2 Å². The van der Waals surface area contributed by atoms with Crippen LogP contribution in [-0.4, -0.2) is 15.9 Å². The normalized spacial score (nSPS) is 16.5. The summed E-state index contributed by atoms with van der Waals surface area (Å²) in [5.74, 6) is 0.205. The molecule has 3 rings (SSSR count). The molecule has 20 heavy (non-hydrogen) atoms. The highest BCUT2D eigenvalue weighted by atomic mass is 35.5. The van der Waals surface area contributed by atoms with Crippen molar-refractivity contribution in [3.05, 3.63) is 47.4 Å². The molecule has 2 aromatic rings. The highest BCUT2D eigenvalue weighted by Crippen LogP contribution is 2.39. The number of pyridine rings is 2. The number of nitrogens with zero attached hydrogens (tertiary/aromatic N) is 3. The molecule has 102 valence electrons. The first-order valence-corrected chi connectivity index (χ1v) is 6.34. The summed E-state index contributed by atoms with van der Waals surface area (Å²) >= 11 is 5.98. The summed E-state index contributed by atoms with van der Waals surface area (Å²) < 4.78 is 0. The highest BCUT2D eigenvalue weighted by Gasteiger charge is 2.34. The Kier molecular flexibility index (Phi) is 3.15. The third-order valence-electron chi connectivity index (χ3n) is 2.78. The molecule has 3 heterocycles. The fraction of sp³-hybridized carbons (Fsp3) is 0.154. The van der Waals surface area contributed by atoms with Crippen molar-refractivity contribution < 1.29 is 9.63 Å². The van der Waals surface area contributed by atoms with Crippen LogP contribution in [0.2, 0.25) is 5.02 Å². The molecular formula is C13H11ClN4O2. The van der Waals surface area contributed by atoms with Gasteiger partial charge in [0.2, 0.25) is 0 Å². The first kappa shape index (κ1) is 12.7. The van der Waals surface area contributed by atoms with Crippen LogP contribution in [0, 0.1) is 0 Å². The summed E-state index contributed by atoms with van der Waals surface area (Å²) in [6, 6.07) is 6.97. The van der Waals surface area contributed by atoms with Crippen LogP contribution in [0.5, 0.6) is 0 Å². The number of anilines is 2. The van der Waals surface area contributed by atoms with Gasteiger partial charge in [-0.3, -0.25) is 9.78 Å². The second kappa shape index (κ2) is 4.97. The van der Waals surface area contributed by atoms with Gasteiger partial charge in [-0.15, -0.1) is 0 Å². The highest BCUT2D eigenvalue weighted by molar-refractivity contribution is 6.30. The van der Waals surface area contributed by atoms with Crippen molar-refractivity contribution in [3.63, 3.8) is 0 Å². The zero-order valence-electron chi connectivity index (χ0n) is 10.6. The number of carbonyl (C=O) groups is 1. The van der Waals surface area contributed by atoms with Gasteiger partial charge in [-0.25, -0.2) is 4.98 Å². The van der Waals surface area contributed by atoms with Crippen LogP contribution in [0.25, 0.3) is 0 Å². The van der Waals surface area contributed by atoms with Crippen molar-refractivity contribution in [3.8, 4) is 0 Å². The molecule has 0 aliphatic carbocycles. The lowest BCUT2D eigenvalue weighted by atomic mass is 10.3. The van der Waals surface area contributed by atoms with Crippen LogP contribution >= 0.6 is 11.6 Å². The fourth-order valence-corrected chi connectivity index (χ4v) is 2.19. The Hall–Kier alpha value is -2.34. The molecule has 2 aromatic heterocycles. The Morgan fingerprint density at radius 2 is 2.25 bits per heavy atom. The van der Waals surface area contributed by atoms with Crippen LogP contribution in [-0.2, 0) is 9.63 Å². The summed E-state index contributed by atoms with van der Waals surface area (Å²) in [6.45, 7) is 1.34. The average Bonchev–Trinajstić information content (AvgIpc) is 2.77. The molecule has 1 unspecified atom stereocenters. The summed E-state index contributed by atoms with van der Waals surface area (Å²) in [4.78, 5) is 25.0. The van der Waals surface area contributed by atoms with Gasteiger partial charge in [-0.1, -0.05) is 11.6 Å². The number of carbonyl (C=O) groups excluding carboxylic acids is 1. The molecule has 0 bridgehead atoms. The average molecular weight is 291 g/mol. The predicted octanol–water partition coefficient (Wildman–Crippen LogP) is 2.54. The number of nitrogens with one attached hydrogen (secondary N) is 1. The van der Waals surface area contributed by atoms with E-state index in [-0.39, 0.29) is 0 Å². The molecular weight excluding hydrogens is 280 g/mol. The molecule has 0 spiro atoms. The van der Waals surface area contributed by atoms with Gasteiger partial charge in [-0.05, 0) is 24.3 Å². The number of rotatable bonds is 2. The summed E-state index contributed by atoms with van der Waals surface area (Å²) in [5.41, 5.74) is 1.31. The lowest BCUT2D eigenvalue weighted by Gasteiger charge is -2.23. The molecule has 1 aliphatic heterocycles. The van der Waals surface area contributed by atoms with E-state index in [9.17, 15) is 4.79 Å². The topological polar surface area (TPSA) is 67.3 Å². The minimum absolute atomic E-state index is 0.421. The Morgan fingerprint density at radius 1 is 1.40 bits per heavy atom. The van der Waals surface area contributed by atoms with Gasteiger partial charge in [0.25, 0.3) is 0 Å². The second-order valence-electron chi connectivity index (χ2n) is 4.23. The third kappa shape index (κ3) is 2.25. The Balaban J connectivity index is 2.01. The molecule has 7 heteroatoms. The lowest BCUT2D eigenvalue weighted by molar-refractivity contribution is -0.143. The van der Waals surface area contributed by atoms with Gasteiger partial charge in [-0.2, -0.15) is 5.06 Å². The number of hydrogen-bond donors (Lipinski definition) is 1. The quantitative estimate of drug-likeness (QED) is 0.917. The minimum Gasteiger partial charge on any atom is -0.340 e. The van der Waals surface area contributed by atoms with Gasteiger partial charge in [0.1, 0.15) is 5.69 Å². The molecule has 1 aliphatic rings. The van der Waals surface area contributed by atoms with Crippen molar-refractivity contribution in [1.29, 1.82) is 0 Å². The van der Waals surface area contributed by atoms with E-state index in [4.69, 9.17) is 16.4 Å². The fourth-order valence-electron chi connectivity index (χ4n) is 2.02. The van der Waals surface area contributed by atoms with E-state index in [1.807, 2.05) is 6.07 Å². The standard InChI is InChI=1S/C13H11ClN4O2/c1-8(19)20-18-11-3-2-5-16-12(11)17-13(18)10-7-9(14)4-6-15-10/h2-7,13H,1H3,(H,16,17). The van der Waals surface area contributed by atoms with Crippen molar-refractivity contribution >= 4 is 29.1 Å². The van der Waals surface area contributed by atoms with Crippen LogP contribution in [0.15, 0.2) is 36.7 Å². The molecule has 1 N–H and O–H groups in total. The van der Waals surface area contributed by atoms with Crippen LogP contribution in [0.3, 0.4) is 0 Å². The van der Waals surface area contributed by atoms with E-state index in [0.717, 1.165) is 0 Å². The third-order valence-corrected chi connectivity index (χ3v) is 3.02. The molecule has 6 nitrogen and oxygen atoms in total. The second-order valence-corrected chi connectivity index (χ2v) is 4.66. The number of aromatic nitrogens is 2. The zero-order chi connectivity index (χ0) is 14.1. The maximum Gasteiger partial charge on any atom is 0.329 e. The van der Waals surface area contributed by atoms with Gasteiger partial charge >= 0.3 is 5.97 Å². The molecule has 1 atom stereocenters. The lowest BCUT2D eigenvalue weighted by Crippen LogP contribution is -2.30. The Bertz CT molecular complexity index is 664. The van der Waals surface area contributed by atoms with Crippen molar-refractivity contribution in [2.24, 2.45) is 0 Å². The molecule has 0 radical (unpaired) electrons. The Morgan fingerprint density at radius 3 is 3.00 bits per heavy atom. The zero-order valence-corrected chi connectivity index (χ0v) is 11.3. The van der Waals surface area contributed by atoms with Gasteiger partial charge < -0.3 is 10.2 Å². The number of fused-ring (bicyclic) bond motifs is 1. The number of hydrogen-bond acceptors (Lipinski definition) is 6. The smallest absolute Gasteiger partial charge is 0.329 e. The summed E-state index contributed by atoms with van der Waals surface area (Å²) in [7, 11) is 0. The summed E-state index contributed by atoms with van der Waals surface area (Å²) in [6.07, 6.45) is 2.80. The first-order chi connectivity index (χ1) is 9.65. The predicted molar refractivity (Wildman–Crippen MR) is 74.1 cm³/mol. The maximum atomic E-state index is 11.3. The molecule has 0 fully saturated rings. The maximum absolute atomic E-state index is 11.3. The number of hydroxylamine groups is 1. The van der Waals surface area contributed by atoms with E-state index in [1.54, 1.807) is 30.6 Å².